The van der Waals surface area contributed by atoms with E-state index in [1.807, 2.05) is 32.0 Å². The summed E-state index contributed by atoms with van der Waals surface area (Å²) in [7, 11) is 0. The molecule has 1 aromatic rings. The minimum absolute atomic E-state index is 0.0969. The van der Waals surface area contributed by atoms with Gasteiger partial charge in [0.1, 0.15) is 6.61 Å². The molecule has 0 fully saturated rings. The van der Waals surface area contributed by atoms with Crippen molar-refractivity contribution in [2.75, 3.05) is 6.61 Å². The molecule has 3 nitrogen and oxygen atoms in total. The second-order valence-corrected chi connectivity index (χ2v) is 5.35. The molecule has 0 aliphatic rings. The van der Waals surface area contributed by atoms with Crippen LogP contribution < -0.4 is 5.32 Å². The van der Waals surface area contributed by atoms with E-state index in [0.29, 0.717) is 17.0 Å². The van der Waals surface area contributed by atoms with E-state index < -0.39 is 0 Å². The summed E-state index contributed by atoms with van der Waals surface area (Å²) in [5.41, 5.74) is 2.25. The Morgan fingerprint density at radius 1 is 1.33 bits per heavy atom. The number of hydrogen-bond acceptors (Lipinski definition) is 2. The molecule has 1 amide bonds. The molecule has 0 aromatic heterocycles. The van der Waals surface area contributed by atoms with Gasteiger partial charge in [-0.1, -0.05) is 50.2 Å². The van der Waals surface area contributed by atoms with Gasteiger partial charge in [-0.05, 0) is 31.9 Å². The Morgan fingerprint density at radius 2 is 2.00 bits per heavy atom. The van der Waals surface area contributed by atoms with Crippen LogP contribution in [0.5, 0.6) is 0 Å². The predicted octanol–water partition coefficient (Wildman–Crippen LogP) is 2.89. The van der Waals surface area contributed by atoms with Gasteiger partial charge in [-0.25, -0.2) is 0 Å². The predicted molar refractivity (Wildman–Crippen MR) is 86.1 cm³/mol. The molecular weight excluding hydrogens is 262 g/mol. The van der Waals surface area contributed by atoms with Gasteiger partial charge < -0.3 is 10.4 Å². The normalized spacial score (nSPS) is 11.7. The fourth-order valence-corrected chi connectivity index (χ4v) is 2.49. The van der Waals surface area contributed by atoms with Gasteiger partial charge >= 0.3 is 0 Å². The number of aliphatic hydroxyl groups excluding tert-OH is 1. The lowest BCUT2D eigenvalue weighted by Crippen LogP contribution is -2.38. The summed E-state index contributed by atoms with van der Waals surface area (Å²) in [5.74, 6) is 5.82. The maximum absolute atomic E-state index is 12.5. The number of nitrogens with one attached hydrogen (secondary N) is 1. The fraction of sp³-hybridized carbons (Fsp3) is 0.500. The van der Waals surface area contributed by atoms with Crippen molar-refractivity contribution in [3.63, 3.8) is 0 Å². The summed E-state index contributed by atoms with van der Waals surface area (Å²) in [4.78, 5) is 12.5. The van der Waals surface area contributed by atoms with Crippen LogP contribution in [0.1, 0.15) is 55.1 Å². The topological polar surface area (TPSA) is 49.3 Å². The highest BCUT2D eigenvalue weighted by atomic mass is 16.2. The van der Waals surface area contributed by atoms with Crippen molar-refractivity contribution < 1.29 is 9.90 Å². The molecule has 0 aliphatic heterocycles. The summed E-state index contributed by atoms with van der Waals surface area (Å²) in [5, 5.41) is 11.9. The van der Waals surface area contributed by atoms with Crippen LogP contribution in [0, 0.1) is 24.7 Å². The summed E-state index contributed by atoms with van der Waals surface area (Å²) >= 11 is 0. The van der Waals surface area contributed by atoms with Crippen molar-refractivity contribution in [1.82, 2.24) is 5.32 Å². The van der Waals surface area contributed by atoms with Crippen LogP contribution in [0.15, 0.2) is 18.2 Å². The molecule has 1 unspecified atom stereocenters. The molecule has 114 valence electrons. The highest BCUT2D eigenvalue weighted by molar-refractivity contribution is 5.97. The van der Waals surface area contributed by atoms with Crippen LogP contribution in [0.25, 0.3) is 0 Å². The summed E-state index contributed by atoms with van der Waals surface area (Å²) in [6, 6.07) is 5.72. The molecule has 0 bridgehead atoms. The number of rotatable bonds is 5. The van der Waals surface area contributed by atoms with Gasteiger partial charge in [0.2, 0.25) is 0 Å². The van der Waals surface area contributed by atoms with E-state index in [0.717, 1.165) is 18.4 Å². The monoisotopic (exact) mass is 287 g/mol. The molecule has 2 N–H and O–H groups in total. The molecule has 0 aliphatic carbocycles. The molecule has 0 spiro atoms. The Balaban J connectivity index is 2.98. The second-order valence-electron chi connectivity index (χ2n) is 5.35. The van der Waals surface area contributed by atoms with E-state index in [9.17, 15) is 4.79 Å². The molecule has 0 heterocycles. The molecule has 0 saturated heterocycles. The number of amides is 1. The number of carbonyl (C=O) groups excluding carboxylic acids is 1. The maximum Gasteiger partial charge on any atom is 0.252 e. The number of carbonyl (C=O) groups is 1. The third-order valence-corrected chi connectivity index (χ3v) is 3.84. The van der Waals surface area contributed by atoms with Crippen molar-refractivity contribution in [2.45, 2.75) is 46.6 Å². The average Bonchev–Trinajstić information content (AvgIpc) is 2.47. The highest BCUT2D eigenvalue weighted by Crippen LogP contribution is 2.15. The van der Waals surface area contributed by atoms with E-state index in [1.54, 1.807) is 0 Å². The first-order chi connectivity index (χ1) is 10.0. The zero-order valence-electron chi connectivity index (χ0n) is 13.4. The molecule has 3 heteroatoms. The lowest BCUT2D eigenvalue weighted by Gasteiger charge is -2.22. The maximum atomic E-state index is 12.5. The number of hydrogen-bond donors (Lipinski definition) is 2. The summed E-state index contributed by atoms with van der Waals surface area (Å²) in [6.45, 7) is 8.07. The third kappa shape index (κ3) is 4.91. The zero-order chi connectivity index (χ0) is 15.8. The Kier molecular flexibility index (Phi) is 6.98. The lowest BCUT2D eigenvalue weighted by molar-refractivity contribution is 0.0925. The quantitative estimate of drug-likeness (QED) is 0.818. The largest absolute Gasteiger partial charge is 0.384 e. The van der Waals surface area contributed by atoms with Gasteiger partial charge in [0, 0.05) is 11.6 Å². The van der Waals surface area contributed by atoms with E-state index in [2.05, 4.69) is 31.0 Å². The molecule has 21 heavy (non-hydrogen) atoms. The van der Waals surface area contributed by atoms with Gasteiger partial charge in [0.05, 0.1) is 5.56 Å². The zero-order valence-corrected chi connectivity index (χ0v) is 13.4. The van der Waals surface area contributed by atoms with E-state index >= 15 is 0 Å². The van der Waals surface area contributed by atoms with Crippen molar-refractivity contribution in [2.24, 2.45) is 5.92 Å². The molecule has 1 rings (SSSR count). The van der Waals surface area contributed by atoms with Gasteiger partial charge in [-0.15, -0.1) is 0 Å². The molecule has 0 saturated carbocycles. The minimum atomic E-state index is -0.209. The van der Waals surface area contributed by atoms with Gasteiger partial charge in [-0.2, -0.15) is 0 Å². The second kappa shape index (κ2) is 8.49. The van der Waals surface area contributed by atoms with Crippen LogP contribution in [-0.2, 0) is 0 Å². The highest BCUT2D eigenvalue weighted by Gasteiger charge is 2.18. The summed E-state index contributed by atoms with van der Waals surface area (Å²) in [6.07, 6.45) is 2.09. The number of aliphatic hydroxyl groups is 1. The van der Waals surface area contributed by atoms with E-state index in [-0.39, 0.29) is 18.6 Å². The first-order valence-electron chi connectivity index (χ1n) is 7.54. The van der Waals surface area contributed by atoms with E-state index in [4.69, 9.17) is 5.11 Å². The molecule has 1 aromatic carbocycles. The van der Waals surface area contributed by atoms with Crippen LogP contribution in [0.2, 0.25) is 0 Å². The van der Waals surface area contributed by atoms with Crippen LogP contribution in [-0.4, -0.2) is 23.7 Å². The first-order valence-corrected chi connectivity index (χ1v) is 7.54. The van der Waals surface area contributed by atoms with Crippen LogP contribution in [0.4, 0.5) is 0 Å². The smallest absolute Gasteiger partial charge is 0.252 e. The van der Waals surface area contributed by atoms with Crippen molar-refractivity contribution in [3.8, 4) is 11.8 Å². The Morgan fingerprint density at radius 3 is 2.57 bits per heavy atom. The molecule has 0 radical (unpaired) electrons. The van der Waals surface area contributed by atoms with Crippen molar-refractivity contribution in [1.29, 1.82) is 0 Å². The Hall–Kier alpha value is -1.79. The summed E-state index contributed by atoms with van der Waals surface area (Å²) < 4.78 is 0. The fourth-order valence-electron chi connectivity index (χ4n) is 2.49. The van der Waals surface area contributed by atoms with Crippen molar-refractivity contribution in [3.05, 3.63) is 34.9 Å². The average molecular weight is 287 g/mol. The Bertz CT molecular complexity index is 536. The van der Waals surface area contributed by atoms with Crippen LogP contribution in [0.3, 0.4) is 0 Å². The lowest BCUT2D eigenvalue weighted by atomic mass is 9.95. The van der Waals surface area contributed by atoms with Crippen LogP contribution >= 0.6 is 0 Å². The standard InChI is InChI=1S/C18H25NO2/c1-5-15(6-2)14(4)19-18(21)17-12-13(3)9-10-16(17)8-7-11-20/h9-10,12,14-15,20H,5-6,11H2,1-4H3,(H,19,21). The van der Waals surface area contributed by atoms with E-state index in [1.165, 1.54) is 0 Å². The SMILES string of the molecule is CCC(CC)C(C)NC(=O)c1cc(C)ccc1C#CCO. The Labute approximate surface area is 127 Å². The van der Waals surface area contributed by atoms with Gasteiger partial charge in [-0.3, -0.25) is 4.79 Å². The third-order valence-electron chi connectivity index (χ3n) is 3.84. The number of benzene rings is 1. The minimum Gasteiger partial charge on any atom is -0.384 e. The molecular formula is C18H25NO2. The van der Waals surface area contributed by atoms with Gasteiger partial charge in [0.25, 0.3) is 5.91 Å². The van der Waals surface area contributed by atoms with Gasteiger partial charge in [0.15, 0.2) is 0 Å². The molecule has 1 atom stereocenters. The van der Waals surface area contributed by atoms with Crippen molar-refractivity contribution >= 4 is 5.91 Å². The first kappa shape index (κ1) is 17.3. The number of aryl methyl sites for hydroxylation is 1.